The van der Waals surface area contributed by atoms with Crippen molar-refractivity contribution in [1.29, 1.82) is 0 Å². The van der Waals surface area contributed by atoms with Crippen LogP contribution in [-0.2, 0) is 10.1 Å². The van der Waals surface area contributed by atoms with Gasteiger partial charge in [0.25, 0.3) is 0 Å². The van der Waals surface area contributed by atoms with Gasteiger partial charge >= 0.3 is 10.1 Å². The van der Waals surface area contributed by atoms with Crippen LogP contribution in [0.25, 0.3) is 0 Å². The van der Waals surface area contributed by atoms with Gasteiger partial charge in [-0.1, -0.05) is 47.6 Å². The predicted molar refractivity (Wildman–Crippen MR) is 80.2 cm³/mol. The van der Waals surface area contributed by atoms with Crippen molar-refractivity contribution < 1.29 is 13.0 Å². The van der Waals surface area contributed by atoms with Crippen LogP contribution in [0.5, 0.6) is 0 Å². The Morgan fingerprint density at radius 2 is 1.65 bits per heavy atom. The largest absolute Gasteiger partial charge is 0.302 e. The molecule has 112 valence electrons. The second-order valence-electron chi connectivity index (χ2n) is 7.56. The van der Waals surface area contributed by atoms with Crippen molar-refractivity contribution in [3.05, 3.63) is 29.8 Å². The van der Waals surface area contributed by atoms with Gasteiger partial charge in [-0.05, 0) is 41.4 Å². The minimum atomic E-state index is -4.20. The molecule has 0 spiro atoms. The van der Waals surface area contributed by atoms with Crippen molar-refractivity contribution in [2.24, 2.45) is 10.8 Å². The van der Waals surface area contributed by atoms with E-state index in [1.54, 1.807) is 6.07 Å². The lowest BCUT2D eigenvalue weighted by atomic mass is 9.69. The molecule has 0 bridgehead atoms. The maximum Gasteiger partial charge on any atom is 0.302 e. The van der Waals surface area contributed by atoms with Gasteiger partial charge in [-0.2, -0.15) is 8.42 Å². The van der Waals surface area contributed by atoms with Gasteiger partial charge in [0.1, 0.15) is 4.90 Å². The van der Waals surface area contributed by atoms with Crippen molar-refractivity contribution in [3.8, 4) is 0 Å². The zero-order valence-corrected chi connectivity index (χ0v) is 13.9. The summed E-state index contributed by atoms with van der Waals surface area (Å²) in [6.07, 6.45) is 0.964. The quantitative estimate of drug-likeness (QED) is 0.854. The lowest BCUT2D eigenvalue weighted by Crippen LogP contribution is -2.23. The molecule has 0 saturated heterocycles. The summed E-state index contributed by atoms with van der Waals surface area (Å²) in [4.78, 5) is -0.232. The Morgan fingerprint density at radius 3 is 1.95 bits per heavy atom. The molecule has 1 N–H and O–H groups in total. The summed E-state index contributed by atoms with van der Waals surface area (Å²) < 4.78 is 31.1. The molecule has 1 aromatic rings. The number of hydrogen-bond donors (Lipinski definition) is 1. The van der Waals surface area contributed by atoms with Crippen molar-refractivity contribution in [1.82, 2.24) is 0 Å². The van der Waals surface area contributed by atoms with Crippen molar-refractivity contribution in [2.45, 2.75) is 58.8 Å². The average molecular weight is 296 g/mol. The Bertz CT molecular complexity index is 543. The van der Waals surface area contributed by atoms with E-state index in [0.717, 1.165) is 12.0 Å². The highest BCUT2D eigenvalue weighted by Crippen LogP contribution is 2.42. The Morgan fingerprint density at radius 1 is 1.10 bits per heavy atom. The number of hydrogen-bond acceptors (Lipinski definition) is 2. The second-order valence-corrected chi connectivity index (χ2v) is 8.95. The molecule has 0 radical (unpaired) electrons. The Labute approximate surface area is 123 Å². The van der Waals surface area contributed by atoms with Crippen LogP contribution < -0.4 is 0 Å². The molecule has 20 heavy (non-hydrogen) atoms. The topological polar surface area (TPSA) is 54.4 Å². The van der Waals surface area contributed by atoms with Gasteiger partial charge in [0.15, 0.2) is 0 Å². The van der Waals surface area contributed by atoms with Gasteiger partial charge in [-0.25, -0.2) is 0 Å². The molecule has 1 rings (SSSR count). The maximum atomic E-state index is 11.0. The van der Waals surface area contributed by atoms with E-state index in [1.807, 2.05) is 0 Å². The van der Waals surface area contributed by atoms with Crippen molar-refractivity contribution >= 4 is 10.1 Å². The summed E-state index contributed by atoms with van der Waals surface area (Å²) in [6.45, 7) is 13.0. The molecular weight excluding hydrogens is 272 g/mol. The molecule has 1 unspecified atom stereocenters. The van der Waals surface area contributed by atoms with Gasteiger partial charge in [-0.15, -0.1) is 0 Å². The second kappa shape index (κ2) is 5.38. The highest BCUT2D eigenvalue weighted by atomic mass is 32.2. The van der Waals surface area contributed by atoms with Crippen LogP contribution in [0.1, 0.15) is 59.4 Å². The summed E-state index contributed by atoms with van der Waals surface area (Å²) in [5, 5.41) is 0. The third-order valence-electron chi connectivity index (χ3n) is 3.26. The van der Waals surface area contributed by atoms with E-state index in [1.165, 1.54) is 6.07 Å². The zero-order valence-electron chi connectivity index (χ0n) is 13.1. The molecule has 0 aliphatic rings. The summed E-state index contributed by atoms with van der Waals surface area (Å²) in [5.41, 5.74) is 1.13. The van der Waals surface area contributed by atoms with E-state index >= 15 is 0 Å². The average Bonchev–Trinajstić information content (AvgIpc) is 2.22. The Hall–Kier alpha value is -1.05. The first-order valence-corrected chi connectivity index (χ1v) is 8.16. The fourth-order valence-electron chi connectivity index (χ4n) is 2.23. The molecule has 0 aliphatic heterocycles. The summed E-state index contributed by atoms with van der Waals surface area (Å²) in [6, 6.07) is 8.58. The highest BCUT2D eigenvalue weighted by molar-refractivity contribution is 7.85. The van der Waals surface area contributed by atoms with E-state index in [2.05, 4.69) is 53.7 Å². The third-order valence-corrected chi connectivity index (χ3v) is 4.05. The number of rotatable bonds is 3. The van der Waals surface area contributed by atoms with E-state index in [0.29, 0.717) is 0 Å². The molecule has 0 fully saturated rings. The lowest BCUT2D eigenvalue weighted by Gasteiger charge is -2.35. The first-order valence-electron chi connectivity index (χ1n) is 6.72. The van der Waals surface area contributed by atoms with Crippen LogP contribution in [-0.4, -0.2) is 13.0 Å². The molecule has 1 atom stereocenters. The highest BCUT2D eigenvalue weighted by Gasteiger charge is 2.30. The molecule has 0 aliphatic carbocycles. The van der Waals surface area contributed by atoms with Crippen molar-refractivity contribution in [3.63, 3.8) is 0 Å². The van der Waals surface area contributed by atoms with Gasteiger partial charge < -0.3 is 0 Å². The fraction of sp³-hybridized carbons (Fsp3) is 0.625. The van der Waals surface area contributed by atoms with Crippen molar-refractivity contribution in [2.75, 3.05) is 0 Å². The van der Waals surface area contributed by atoms with Crippen LogP contribution in [0.2, 0.25) is 0 Å². The molecule has 4 heteroatoms. The predicted octanol–water partition coefficient (Wildman–Crippen LogP) is 4.10. The van der Waals surface area contributed by atoms with Gasteiger partial charge in [-0.3, -0.25) is 4.55 Å². The molecule has 1 aromatic carbocycles. The fourth-order valence-corrected chi connectivity index (χ4v) is 2.65. The first kappa shape index (κ1) is 17.0. The van der Waals surface area contributed by atoms with Crippen LogP contribution in [0, 0.1) is 23.0 Å². The Kier molecular flexibility index (Phi) is 4.58. The third kappa shape index (κ3) is 4.81. The molecule has 0 saturated carbocycles. The molecular formula is C16H24O3S. The molecule has 0 heterocycles. The first-order chi connectivity index (χ1) is 8.81. The Balaban J connectivity index is 3.16. The standard InChI is InChI=1S/C16H24O3S/c1-15(2,3)11-14(16(4,5)6)12-7-9-13(10-8-12)20(17,18)19/h7,9,14H,11H2,1-6H3,(H,17,18,19). The van der Waals surface area contributed by atoms with E-state index in [9.17, 15) is 8.42 Å². The molecule has 0 amide bonds. The summed E-state index contributed by atoms with van der Waals surface area (Å²) in [5.74, 6) is 0.245. The van der Waals surface area contributed by atoms with E-state index in [-0.39, 0.29) is 21.6 Å². The monoisotopic (exact) mass is 296 g/mol. The van der Waals surface area contributed by atoms with Crippen LogP contribution in [0.3, 0.4) is 0 Å². The molecule has 3 nitrogen and oxygen atoms in total. The van der Waals surface area contributed by atoms with E-state index in [4.69, 9.17) is 4.55 Å². The molecule has 0 aromatic heterocycles. The summed E-state index contributed by atoms with van der Waals surface area (Å²) >= 11 is 0. The van der Waals surface area contributed by atoms with Crippen LogP contribution in [0.15, 0.2) is 17.0 Å². The minimum Gasteiger partial charge on any atom is -0.281 e. The summed E-state index contributed by atoms with van der Waals surface area (Å²) in [7, 11) is -4.20. The van der Waals surface area contributed by atoms with Gasteiger partial charge in [0.2, 0.25) is 0 Å². The van der Waals surface area contributed by atoms with Crippen LogP contribution >= 0.6 is 0 Å². The smallest absolute Gasteiger partial charge is 0.281 e. The van der Waals surface area contributed by atoms with Gasteiger partial charge in [0.05, 0.1) is 0 Å². The normalized spacial score (nSPS) is 14.8. The van der Waals surface area contributed by atoms with Crippen LogP contribution in [0.4, 0.5) is 0 Å². The minimum absolute atomic E-state index is 0.0389. The van der Waals surface area contributed by atoms with E-state index < -0.39 is 10.1 Å². The maximum absolute atomic E-state index is 11.0. The lowest BCUT2D eigenvalue weighted by molar-refractivity contribution is 0.229. The zero-order chi connectivity index (χ0) is 15.8. The SMILES string of the molecule is CC(C)(C)CC(c1c#cc(S(=O)(=O)O)cc1)C(C)(C)C. The van der Waals surface area contributed by atoms with Gasteiger partial charge in [0, 0.05) is 5.56 Å².